The zero-order valence-electron chi connectivity index (χ0n) is 19.0. The molecule has 3 amide bonds. The Kier molecular flexibility index (Phi) is 6.48. The molecular weight excluding hydrogens is 470 g/mol. The van der Waals surface area contributed by atoms with Crippen LogP contribution >= 0.6 is 0 Å². The van der Waals surface area contributed by atoms with E-state index >= 15 is 0 Å². The van der Waals surface area contributed by atoms with E-state index in [1.165, 1.54) is 4.90 Å². The number of carboxylic acid groups (broad SMARTS) is 1. The SMILES string of the molecule is N=C(N)c1ccc(C2C3C(=O)N(c4ccccc4)C(=O)C3C(CO)(OC(=O)O)N2CCC(N)=O)cc1. The predicted octanol–water partition coefficient (Wildman–Crippen LogP) is 0.392. The van der Waals surface area contributed by atoms with Gasteiger partial charge in [-0.15, -0.1) is 0 Å². The third kappa shape index (κ3) is 3.95. The largest absolute Gasteiger partial charge is 0.507 e. The number of ether oxygens (including phenoxy) is 1. The van der Waals surface area contributed by atoms with Gasteiger partial charge in [0.1, 0.15) is 11.8 Å². The molecule has 7 N–H and O–H groups in total. The van der Waals surface area contributed by atoms with E-state index in [9.17, 15) is 29.4 Å². The minimum Gasteiger partial charge on any atom is -0.450 e. The fourth-order valence-corrected chi connectivity index (χ4v) is 5.22. The van der Waals surface area contributed by atoms with Crippen LogP contribution in [0.15, 0.2) is 54.6 Å². The summed E-state index contributed by atoms with van der Waals surface area (Å²) in [4.78, 5) is 53.3. The van der Waals surface area contributed by atoms with Crippen molar-refractivity contribution in [2.75, 3.05) is 18.1 Å². The van der Waals surface area contributed by atoms with Gasteiger partial charge in [-0.05, 0) is 17.7 Å². The summed E-state index contributed by atoms with van der Waals surface area (Å²) in [7, 11) is 0. The van der Waals surface area contributed by atoms with E-state index < -0.39 is 54.1 Å². The maximum Gasteiger partial charge on any atom is 0.507 e. The molecule has 36 heavy (non-hydrogen) atoms. The smallest absolute Gasteiger partial charge is 0.450 e. The lowest BCUT2D eigenvalue weighted by molar-refractivity contribution is -0.170. The quantitative estimate of drug-likeness (QED) is 0.149. The number of nitrogens with zero attached hydrogens (tertiary/aromatic N) is 2. The van der Waals surface area contributed by atoms with Gasteiger partial charge in [-0.25, -0.2) is 9.69 Å². The van der Waals surface area contributed by atoms with E-state index in [0.717, 1.165) is 4.90 Å². The number of imide groups is 1. The molecule has 12 heteroatoms. The second-order valence-corrected chi connectivity index (χ2v) is 8.61. The first-order valence-electron chi connectivity index (χ1n) is 11.1. The average molecular weight is 495 g/mol. The second kappa shape index (κ2) is 9.40. The van der Waals surface area contributed by atoms with Gasteiger partial charge in [-0.3, -0.25) is 24.7 Å². The number of hydrogen-bond acceptors (Lipinski definition) is 8. The molecule has 0 radical (unpaired) electrons. The Hall–Kier alpha value is -4.29. The van der Waals surface area contributed by atoms with Crippen molar-refractivity contribution >= 4 is 35.4 Å². The third-order valence-electron chi connectivity index (χ3n) is 6.67. The molecule has 0 aromatic heterocycles. The molecule has 4 unspecified atom stereocenters. The van der Waals surface area contributed by atoms with Crippen LogP contribution in [0.2, 0.25) is 0 Å². The summed E-state index contributed by atoms with van der Waals surface area (Å²) < 4.78 is 5.21. The minimum absolute atomic E-state index is 0.183. The minimum atomic E-state index is -2.16. The summed E-state index contributed by atoms with van der Waals surface area (Å²) in [6.45, 7) is -1.15. The highest BCUT2D eigenvalue weighted by Gasteiger charge is 2.71. The first-order valence-corrected chi connectivity index (χ1v) is 11.1. The molecule has 12 nitrogen and oxygen atoms in total. The van der Waals surface area contributed by atoms with Gasteiger partial charge in [0.05, 0.1) is 24.3 Å². The topological polar surface area (TPSA) is 200 Å². The average Bonchev–Trinajstić information content (AvgIpc) is 3.27. The van der Waals surface area contributed by atoms with E-state index in [1.54, 1.807) is 54.6 Å². The van der Waals surface area contributed by atoms with Crippen molar-refractivity contribution in [1.82, 2.24) is 4.90 Å². The number of nitrogens with one attached hydrogen (secondary N) is 1. The highest BCUT2D eigenvalue weighted by atomic mass is 16.7. The number of nitrogen functional groups attached to an aromatic ring is 1. The first-order chi connectivity index (χ1) is 17.1. The summed E-state index contributed by atoms with van der Waals surface area (Å²) in [5.74, 6) is -4.79. The Balaban J connectivity index is 1.91. The second-order valence-electron chi connectivity index (χ2n) is 8.61. The lowest BCUT2D eigenvalue weighted by Gasteiger charge is -2.40. The van der Waals surface area contributed by atoms with Crippen LogP contribution in [0.5, 0.6) is 0 Å². The van der Waals surface area contributed by atoms with E-state index in [4.69, 9.17) is 21.6 Å². The molecule has 188 valence electrons. The number of fused-ring (bicyclic) bond motifs is 1. The number of benzene rings is 2. The molecule has 2 aromatic rings. The summed E-state index contributed by atoms with van der Waals surface area (Å²) in [5.41, 5.74) is 9.90. The van der Waals surface area contributed by atoms with Crippen LogP contribution in [0, 0.1) is 17.2 Å². The van der Waals surface area contributed by atoms with Crippen molar-refractivity contribution in [1.29, 1.82) is 5.41 Å². The fraction of sp³-hybridized carbons (Fsp3) is 0.292. The van der Waals surface area contributed by atoms with Gasteiger partial charge in [0.15, 0.2) is 0 Å². The van der Waals surface area contributed by atoms with E-state index in [2.05, 4.69) is 0 Å². The molecule has 2 heterocycles. The van der Waals surface area contributed by atoms with Gasteiger partial charge in [0.2, 0.25) is 23.4 Å². The molecule has 4 atom stereocenters. The van der Waals surface area contributed by atoms with Crippen LogP contribution in [0.4, 0.5) is 10.5 Å². The summed E-state index contributed by atoms with van der Waals surface area (Å²) in [6.07, 6.45) is -2.02. The number of aliphatic hydroxyl groups is 1. The maximum absolute atomic E-state index is 13.8. The van der Waals surface area contributed by atoms with E-state index in [1.807, 2.05) is 0 Å². The predicted molar refractivity (Wildman–Crippen MR) is 126 cm³/mol. The van der Waals surface area contributed by atoms with Gasteiger partial charge in [-0.2, -0.15) is 0 Å². The number of carbonyl (C=O) groups is 4. The number of hydrogen-bond donors (Lipinski definition) is 5. The summed E-state index contributed by atoms with van der Waals surface area (Å²) in [6, 6.07) is 13.5. The Bertz CT molecular complexity index is 1220. The van der Waals surface area contributed by atoms with Crippen molar-refractivity contribution in [3.8, 4) is 0 Å². The van der Waals surface area contributed by atoms with Gasteiger partial charge in [0.25, 0.3) is 0 Å². The van der Waals surface area contributed by atoms with Gasteiger partial charge < -0.3 is 26.4 Å². The number of para-hydroxylation sites is 1. The molecule has 0 saturated carbocycles. The number of amides is 3. The van der Waals surface area contributed by atoms with Crippen LogP contribution in [0.3, 0.4) is 0 Å². The van der Waals surface area contributed by atoms with Crippen LogP contribution < -0.4 is 16.4 Å². The van der Waals surface area contributed by atoms with Gasteiger partial charge >= 0.3 is 6.16 Å². The van der Waals surface area contributed by atoms with Crippen molar-refractivity contribution in [3.63, 3.8) is 0 Å². The molecule has 0 bridgehead atoms. The monoisotopic (exact) mass is 495 g/mol. The Morgan fingerprint density at radius 1 is 1.03 bits per heavy atom. The number of anilines is 1. The Labute approximate surface area is 205 Å². The molecule has 2 aliphatic heterocycles. The van der Waals surface area contributed by atoms with Crippen LogP contribution in [0.1, 0.15) is 23.6 Å². The highest BCUT2D eigenvalue weighted by molar-refractivity contribution is 6.23. The maximum atomic E-state index is 13.8. The van der Waals surface area contributed by atoms with E-state index in [0.29, 0.717) is 16.8 Å². The van der Waals surface area contributed by atoms with Gasteiger partial charge in [-0.1, -0.05) is 42.5 Å². The van der Waals surface area contributed by atoms with Crippen LogP contribution in [0.25, 0.3) is 0 Å². The number of nitrogens with two attached hydrogens (primary N) is 2. The highest BCUT2D eigenvalue weighted by Crippen LogP contribution is 2.56. The summed E-state index contributed by atoms with van der Waals surface area (Å²) >= 11 is 0. The van der Waals surface area contributed by atoms with Crippen LogP contribution in [-0.4, -0.2) is 63.7 Å². The van der Waals surface area contributed by atoms with Crippen molar-refractivity contribution in [2.24, 2.45) is 23.3 Å². The fourth-order valence-electron chi connectivity index (χ4n) is 5.22. The number of amidine groups is 1. The lowest BCUT2D eigenvalue weighted by atomic mass is 9.85. The number of likely N-dealkylation sites (tertiary alicyclic amines) is 1. The molecule has 2 aliphatic rings. The van der Waals surface area contributed by atoms with Crippen LogP contribution in [-0.2, 0) is 19.1 Å². The molecular formula is C24H25N5O7. The number of rotatable bonds is 8. The Morgan fingerprint density at radius 3 is 2.19 bits per heavy atom. The van der Waals surface area contributed by atoms with E-state index in [-0.39, 0.29) is 18.8 Å². The van der Waals surface area contributed by atoms with Crippen molar-refractivity contribution in [3.05, 3.63) is 65.7 Å². The lowest BCUT2D eigenvalue weighted by Crippen LogP contribution is -2.58. The summed E-state index contributed by atoms with van der Waals surface area (Å²) in [5, 5.41) is 27.7. The van der Waals surface area contributed by atoms with Crippen molar-refractivity contribution < 1.29 is 34.1 Å². The molecule has 2 saturated heterocycles. The molecule has 0 spiro atoms. The number of primary amides is 1. The molecule has 0 aliphatic carbocycles. The zero-order chi connectivity index (χ0) is 26.2. The standard InChI is InChI=1S/C24H25N5O7/c25-16(31)10-11-28-19(13-6-8-14(9-7-13)20(26)27)17-18(24(28,12-30)36-23(34)35)22(33)29(21(17)32)15-4-2-1-3-5-15/h1-9,17-19,30H,10-12H2,(H2,25,31)(H3,26,27)(H,34,35). The molecule has 4 rings (SSSR count). The zero-order valence-corrected chi connectivity index (χ0v) is 19.0. The normalized spacial score (nSPS) is 25.6. The van der Waals surface area contributed by atoms with Gasteiger partial charge in [0, 0.05) is 18.5 Å². The third-order valence-corrected chi connectivity index (χ3v) is 6.67. The first kappa shape index (κ1) is 24.8. The van der Waals surface area contributed by atoms with Crippen molar-refractivity contribution in [2.45, 2.75) is 18.2 Å². The number of carbonyl (C=O) groups excluding carboxylic acids is 3. The number of aliphatic hydroxyl groups excluding tert-OH is 1. The Morgan fingerprint density at radius 2 is 1.67 bits per heavy atom. The molecule has 2 fully saturated rings. The molecule has 2 aromatic carbocycles.